The van der Waals surface area contributed by atoms with Crippen molar-refractivity contribution in [2.24, 2.45) is 13.0 Å². The number of carbonyl (C=O) groups excluding carboxylic acids is 1. The Morgan fingerprint density at radius 3 is 2.80 bits per heavy atom. The summed E-state index contributed by atoms with van der Waals surface area (Å²) in [6.07, 6.45) is -1.82. The maximum Gasteiger partial charge on any atom is 0.393 e. The van der Waals surface area contributed by atoms with Gasteiger partial charge in [0.1, 0.15) is 0 Å². The van der Waals surface area contributed by atoms with E-state index in [0.29, 0.717) is 13.1 Å². The highest BCUT2D eigenvalue weighted by Gasteiger charge is 2.35. The third-order valence-corrected chi connectivity index (χ3v) is 4.37. The molecule has 1 aromatic carbocycles. The molecule has 0 bridgehead atoms. The molecule has 1 amide bonds. The lowest BCUT2D eigenvalue weighted by molar-refractivity contribution is -0.127. The Labute approximate surface area is 143 Å². The minimum absolute atomic E-state index is 0.0523. The fourth-order valence-electron chi connectivity index (χ4n) is 3.17. The highest BCUT2D eigenvalue weighted by molar-refractivity contribution is 5.94. The van der Waals surface area contributed by atoms with Crippen LogP contribution in [0.3, 0.4) is 0 Å². The molecule has 1 aliphatic rings. The number of carbonyl (C=O) groups is 1. The van der Waals surface area contributed by atoms with Gasteiger partial charge < -0.3 is 10.6 Å². The van der Waals surface area contributed by atoms with Gasteiger partial charge in [0, 0.05) is 37.9 Å². The van der Waals surface area contributed by atoms with Crippen LogP contribution in [0.2, 0.25) is 0 Å². The van der Waals surface area contributed by atoms with Gasteiger partial charge in [-0.25, -0.2) is 0 Å². The lowest BCUT2D eigenvalue weighted by Gasteiger charge is -2.19. The van der Waals surface area contributed by atoms with Gasteiger partial charge in [0.05, 0.1) is 18.5 Å². The molecule has 0 aliphatic carbocycles. The third-order valence-electron chi connectivity index (χ3n) is 4.37. The van der Waals surface area contributed by atoms with Gasteiger partial charge in [0.2, 0.25) is 5.91 Å². The second kappa shape index (κ2) is 6.87. The number of rotatable bonds is 4. The van der Waals surface area contributed by atoms with Gasteiger partial charge in [0.25, 0.3) is 0 Å². The van der Waals surface area contributed by atoms with Crippen LogP contribution in [0, 0.1) is 5.92 Å². The summed E-state index contributed by atoms with van der Waals surface area (Å²) >= 11 is 0. The number of hydrogen-bond donors (Lipinski definition) is 2. The van der Waals surface area contributed by atoms with Crippen molar-refractivity contribution in [1.82, 2.24) is 15.1 Å². The zero-order valence-corrected chi connectivity index (χ0v) is 13.7. The highest BCUT2D eigenvalue weighted by atomic mass is 19.4. The van der Waals surface area contributed by atoms with E-state index in [-0.39, 0.29) is 29.0 Å². The van der Waals surface area contributed by atoms with Crippen LogP contribution in [0.15, 0.2) is 36.7 Å². The first-order valence-electron chi connectivity index (χ1n) is 7.98. The number of aromatic nitrogens is 2. The largest absolute Gasteiger partial charge is 0.393 e. The molecular formula is C17H19F3N4O. The molecule has 8 heteroatoms. The van der Waals surface area contributed by atoms with Crippen molar-refractivity contribution in [2.45, 2.75) is 18.5 Å². The number of halogens is 3. The van der Waals surface area contributed by atoms with Crippen molar-refractivity contribution in [2.75, 3.05) is 18.4 Å². The number of hydrogen-bond acceptors (Lipinski definition) is 3. The standard InChI is InChI=1S/C17H19F3N4O/c1-24-10-12(7-22-24)13-8-21-9-14(13)16(25)23-15-5-3-2-4-11(15)6-17(18,19)20/h2-5,7,10,13-14,21H,6,8-9H2,1H3,(H,23,25)/t13-,14+/m1/s1. The summed E-state index contributed by atoms with van der Waals surface area (Å²) in [6, 6.07) is 6.03. The summed E-state index contributed by atoms with van der Waals surface area (Å²) in [5.74, 6) is -0.694. The van der Waals surface area contributed by atoms with E-state index >= 15 is 0 Å². The van der Waals surface area contributed by atoms with E-state index in [9.17, 15) is 18.0 Å². The molecular weight excluding hydrogens is 333 g/mol. The zero-order chi connectivity index (χ0) is 18.0. The van der Waals surface area contributed by atoms with Crippen LogP contribution in [0.4, 0.5) is 18.9 Å². The molecule has 5 nitrogen and oxygen atoms in total. The molecule has 3 rings (SSSR count). The second-order valence-corrected chi connectivity index (χ2v) is 6.26. The number of para-hydroxylation sites is 1. The molecule has 1 fully saturated rings. The van der Waals surface area contributed by atoms with Gasteiger partial charge >= 0.3 is 6.18 Å². The molecule has 0 spiro atoms. The first-order chi connectivity index (χ1) is 11.8. The maximum absolute atomic E-state index is 12.7. The lowest BCUT2D eigenvalue weighted by atomic mass is 9.90. The van der Waals surface area contributed by atoms with E-state index in [1.54, 1.807) is 24.0 Å². The average molecular weight is 352 g/mol. The lowest BCUT2D eigenvalue weighted by Crippen LogP contribution is -2.28. The number of nitrogens with zero attached hydrogens (tertiary/aromatic N) is 2. The van der Waals surface area contributed by atoms with Crippen LogP contribution in [0.25, 0.3) is 0 Å². The molecule has 1 aliphatic heterocycles. The fraction of sp³-hybridized carbons (Fsp3) is 0.412. The summed E-state index contributed by atoms with van der Waals surface area (Å²) in [4.78, 5) is 12.7. The number of nitrogens with one attached hydrogen (secondary N) is 2. The molecule has 0 saturated carbocycles. The number of anilines is 1. The van der Waals surface area contributed by atoms with Gasteiger partial charge in [-0.3, -0.25) is 9.48 Å². The zero-order valence-electron chi connectivity index (χ0n) is 13.7. The first kappa shape index (κ1) is 17.5. The van der Waals surface area contributed by atoms with E-state index in [0.717, 1.165) is 5.56 Å². The van der Waals surface area contributed by atoms with Crippen LogP contribution < -0.4 is 10.6 Å². The molecule has 0 radical (unpaired) electrons. The number of amides is 1. The van der Waals surface area contributed by atoms with Crippen molar-refractivity contribution in [3.63, 3.8) is 0 Å². The van der Waals surface area contributed by atoms with Crippen molar-refractivity contribution in [3.8, 4) is 0 Å². The first-order valence-corrected chi connectivity index (χ1v) is 7.98. The topological polar surface area (TPSA) is 59.0 Å². The van der Waals surface area contributed by atoms with E-state index < -0.39 is 12.6 Å². The molecule has 25 heavy (non-hydrogen) atoms. The summed E-state index contributed by atoms with van der Waals surface area (Å²) in [7, 11) is 1.80. The predicted molar refractivity (Wildman–Crippen MR) is 87.1 cm³/mol. The van der Waals surface area contributed by atoms with Crippen LogP contribution >= 0.6 is 0 Å². The Bertz CT molecular complexity index is 756. The highest BCUT2D eigenvalue weighted by Crippen LogP contribution is 2.30. The van der Waals surface area contributed by atoms with Crippen molar-refractivity contribution in [1.29, 1.82) is 0 Å². The van der Waals surface area contributed by atoms with Gasteiger partial charge in [-0.15, -0.1) is 0 Å². The van der Waals surface area contributed by atoms with Gasteiger partial charge in [-0.1, -0.05) is 18.2 Å². The molecule has 1 aromatic heterocycles. The Hall–Kier alpha value is -2.35. The number of benzene rings is 1. The van der Waals surface area contributed by atoms with Crippen LogP contribution in [-0.4, -0.2) is 35.0 Å². The third kappa shape index (κ3) is 4.19. The van der Waals surface area contributed by atoms with Crippen molar-refractivity contribution < 1.29 is 18.0 Å². The predicted octanol–water partition coefficient (Wildman–Crippen LogP) is 2.47. The van der Waals surface area contributed by atoms with Gasteiger partial charge in [-0.05, 0) is 17.2 Å². The Balaban J connectivity index is 1.76. The van der Waals surface area contributed by atoms with Crippen LogP contribution in [0.1, 0.15) is 17.0 Å². The fourth-order valence-corrected chi connectivity index (χ4v) is 3.17. The van der Waals surface area contributed by atoms with E-state index in [4.69, 9.17) is 0 Å². The van der Waals surface area contributed by atoms with Gasteiger partial charge in [-0.2, -0.15) is 18.3 Å². The summed E-state index contributed by atoms with van der Waals surface area (Å²) in [6.45, 7) is 1.11. The molecule has 2 N–H and O–H groups in total. The summed E-state index contributed by atoms with van der Waals surface area (Å²) in [5, 5.41) is 9.97. The molecule has 0 unspecified atom stereocenters. The van der Waals surface area contributed by atoms with E-state index in [2.05, 4.69) is 15.7 Å². The van der Waals surface area contributed by atoms with E-state index in [1.165, 1.54) is 18.2 Å². The quantitative estimate of drug-likeness (QED) is 0.889. The monoisotopic (exact) mass is 352 g/mol. The molecule has 1 saturated heterocycles. The Morgan fingerprint density at radius 2 is 2.12 bits per heavy atom. The number of alkyl halides is 3. The van der Waals surface area contributed by atoms with Crippen LogP contribution in [-0.2, 0) is 18.3 Å². The second-order valence-electron chi connectivity index (χ2n) is 6.26. The van der Waals surface area contributed by atoms with Crippen molar-refractivity contribution in [3.05, 3.63) is 47.8 Å². The average Bonchev–Trinajstić information content (AvgIpc) is 3.16. The van der Waals surface area contributed by atoms with Gasteiger partial charge in [0.15, 0.2) is 0 Å². The maximum atomic E-state index is 12.7. The Morgan fingerprint density at radius 1 is 1.36 bits per heavy atom. The molecule has 2 heterocycles. The number of aryl methyl sites for hydroxylation is 1. The Kier molecular flexibility index (Phi) is 4.80. The van der Waals surface area contributed by atoms with Crippen molar-refractivity contribution >= 4 is 11.6 Å². The molecule has 134 valence electrons. The summed E-state index contributed by atoms with van der Waals surface area (Å²) < 4.78 is 39.8. The minimum Gasteiger partial charge on any atom is -0.326 e. The SMILES string of the molecule is Cn1cc([C@H]2CNC[C@@H]2C(=O)Nc2ccccc2CC(F)(F)F)cn1. The van der Waals surface area contributed by atoms with E-state index in [1.807, 2.05) is 6.20 Å². The molecule has 2 atom stereocenters. The smallest absolute Gasteiger partial charge is 0.326 e. The molecule has 2 aromatic rings. The van der Waals surface area contributed by atoms with Crippen LogP contribution in [0.5, 0.6) is 0 Å². The summed E-state index contributed by atoms with van der Waals surface area (Å²) in [5.41, 5.74) is 1.21. The normalized spacial score (nSPS) is 20.6. The minimum atomic E-state index is -4.33.